The van der Waals surface area contributed by atoms with Gasteiger partial charge in [0.1, 0.15) is 0 Å². The van der Waals surface area contributed by atoms with Crippen LogP contribution in [-0.2, 0) is 6.42 Å². The van der Waals surface area contributed by atoms with Crippen molar-refractivity contribution in [2.24, 2.45) is 11.3 Å². The third kappa shape index (κ3) is 5.73. The summed E-state index contributed by atoms with van der Waals surface area (Å²) in [6, 6.07) is 6.13. The monoisotopic (exact) mass is 331 g/mol. The highest BCUT2D eigenvalue weighted by Crippen LogP contribution is 2.28. The number of hydrogen-bond donors (Lipinski definition) is 1. The Balaban J connectivity index is 2.58. The van der Waals surface area contributed by atoms with Crippen LogP contribution in [0.2, 0.25) is 5.02 Å². The second-order valence-corrected chi connectivity index (χ2v) is 7.42. The van der Waals surface area contributed by atoms with E-state index in [2.05, 4.69) is 61.1 Å². The molecular formula is C15H23BrClN. The zero-order chi connectivity index (χ0) is 13.8. The molecule has 0 amide bonds. The molecule has 0 aliphatic carbocycles. The molecule has 0 heterocycles. The molecule has 0 aromatic heterocycles. The molecule has 1 rings (SSSR count). The molecule has 0 fully saturated rings. The fourth-order valence-electron chi connectivity index (χ4n) is 1.94. The normalized spacial score (nSPS) is 12.2. The molecule has 18 heavy (non-hydrogen) atoms. The average Bonchev–Trinajstić information content (AvgIpc) is 2.21. The van der Waals surface area contributed by atoms with E-state index in [1.54, 1.807) is 0 Å². The maximum absolute atomic E-state index is 6.27. The lowest BCUT2D eigenvalue weighted by Crippen LogP contribution is -2.33. The lowest BCUT2D eigenvalue weighted by Gasteiger charge is -2.26. The first-order valence-electron chi connectivity index (χ1n) is 6.45. The van der Waals surface area contributed by atoms with Gasteiger partial charge in [0, 0.05) is 16.0 Å². The molecule has 0 spiro atoms. The number of rotatable bonds is 6. The highest BCUT2D eigenvalue weighted by Gasteiger charge is 2.19. The second kappa shape index (κ2) is 6.93. The van der Waals surface area contributed by atoms with E-state index >= 15 is 0 Å². The molecule has 3 heteroatoms. The van der Waals surface area contributed by atoms with Gasteiger partial charge in [0.25, 0.3) is 0 Å². The Morgan fingerprint density at radius 3 is 2.56 bits per heavy atom. The molecule has 1 aromatic carbocycles. The van der Waals surface area contributed by atoms with Gasteiger partial charge in [-0.25, -0.2) is 0 Å². The van der Waals surface area contributed by atoms with Crippen molar-refractivity contribution in [3.63, 3.8) is 0 Å². The Hall–Kier alpha value is -0.0500. The highest BCUT2D eigenvalue weighted by atomic mass is 79.9. The molecule has 0 atom stereocenters. The second-order valence-electron chi connectivity index (χ2n) is 6.10. The molecule has 0 radical (unpaired) electrons. The molecule has 102 valence electrons. The zero-order valence-corrected chi connectivity index (χ0v) is 14.0. The van der Waals surface area contributed by atoms with Gasteiger partial charge in [-0.2, -0.15) is 0 Å². The van der Waals surface area contributed by atoms with Crippen LogP contribution in [-0.4, -0.2) is 13.1 Å². The summed E-state index contributed by atoms with van der Waals surface area (Å²) in [5.74, 6) is 0.692. The molecular weight excluding hydrogens is 310 g/mol. The van der Waals surface area contributed by atoms with Crippen molar-refractivity contribution in [3.8, 4) is 0 Å². The molecule has 0 aliphatic rings. The van der Waals surface area contributed by atoms with Crippen LogP contribution in [0, 0.1) is 11.3 Å². The minimum absolute atomic E-state index is 0.215. The Labute approximate surface area is 124 Å². The van der Waals surface area contributed by atoms with Crippen LogP contribution < -0.4 is 5.32 Å². The van der Waals surface area contributed by atoms with Crippen molar-refractivity contribution in [1.82, 2.24) is 5.32 Å². The van der Waals surface area contributed by atoms with Gasteiger partial charge < -0.3 is 5.32 Å². The van der Waals surface area contributed by atoms with Crippen LogP contribution in [0.25, 0.3) is 0 Å². The minimum Gasteiger partial charge on any atom is -0.316 e. The summed E-state index contributed by atoms with van der Waals surface area (Å²) in [4.78, 5) is 0. The first-order chi connectivity index (χ1) is 8.30. The van der Waals surface area contributed by atoms with Gasteiger partial charge in [0.05, 0.1) is 0 Å². The topological polar surface area (TPSA) is 12.0 Å². The molecule has 0 bridgehead atoms. The third-order valence-corrected chi connectivity index (χ3v) is 3.69. The van der Waals surface area contributed by atoms with Gasteiger partial charge in [0.15, 0.2) is 0 Å². The molecule has 0 saturated heterocycles. The van der Waals surface area contributed by atoms with Crippen LogP contribution in [0.15, 0.2) is 22.7 Å². The van der Waals surface area contributed by atoms with Crippen LogP contribution >= 0.6 is 27.5 Å². The highest BCUT2D eigenvalue weighted by molar-refractivity contribution is 9.10. The van der Waals surface area contributed by atoms with Gasteiger partial charge in [0.2, 0.25) is 0 Å². The van der Waals surface area contributed by atoms with E-state index < -0.39 is 0 Å². The van der Waals surface area contributed by atoms with E-state index in [0.717, 1.165) is 29.0 Å². The average molecular weight is 333 g/mol. The van der Waals surface area contributed by atoms with Crippen LogP contribution in [0.3, 0.4) is 0 Å². The molecule has 0 unspecified atom stereocenters. The SMILES string of the molecule is CC(C)CNCC(C)(C)Cc1ccc(Br)cc1Cl. The Morgan fingerprint density at radius 2 is 2.00 bits per heavy atom. The molecule has 1 nitrogen and oxygen atoms in total. The standard InChI is InChI=1S/C15H23BrClN/c1-11(2)9-18-10-15(3,4)8-12-5-6-13(16)7-14(12)17/h5-7,11,18H,8-10H2,1-4H3. The van der Waals surface area contributed by atoms with E-state index in [1.165, 1.54) is 5.56 Å². The maximum atomic E-state index is 6.27. The lowest BCUT2D eigenvalue weighted by molar-refractivity contribution is 0.330. The van der Waals surface area contributed by atoms with Gasteiger partial charge in [-0.15, -0.1) is 0 Å². The number of halogens is 2. The first-order valence-corrected chi connectivity index (χ1v) is 7.62. The summed E-state index contributed by atoms with van der Waals surface area (Å²) in [6.07, 6.45) is 0.990. The maximum Gasteiger partial charge on any atom is 0.0449 e. The molecule has 0 saturated carbocycles. The first kappa shape index (κ1) is 16.0. The molecule has 1 N–H and O–H groups in total. The Bertz CT molecular complexity index is 388. The van der Waals surface area contributed by atoms with Gasteiger partial charge in [-0.05, 0) is 42.0 Å². The summed E-state index contributed by atoms with van der Waals surface area (Å²) in [5.41, 5.74) is 1.43. The third-order valence-electron chi connectivity index (χ3n) is 2.84. The van der Waals surface area contributed by atoms with Gasteiger partial charge in [-0.3, -0.25) is 0 Å². The summed E-state index contributed by atoms with van der Waals surface area (Å²) in [5, 5.41) is 4.37. The van der Waals surface area contributed by atoms with Crippen molar-refractivity contribution < 1.29 is 0 Å². The van der Waals surface area contributed by atoms with Crippen LogP contribution in [0.4, 0.5) is 0 Å². The fourth-order valence-corrected chi connectivity index (χ4v) is 2.68. The summed E-state index contributed by atoms with van der Waals surface area (Å²) in [7, 11) is 0. The summed E-state index contributed by atoms with van der Waals surface area (Å²) in [6.45, 7) is 11.1. The van der Waals surface area contributed by atoms with Crippen LogP contribution in [0.5, 0.6) is 0 Å². The predicted molar refractivity (Wildman–Crippen MR) is 84.3 cm³/mol. The number of hydrogen-bond acceptors (Lipinski definition) is 1. The van der Waals surface area contributed by atoms with Gasteiger partial charge in [-0.1, -0.05) is 61.3 Å². The molecule has 1 aromatic rings. The minimum atomic E-state index is 0.215. The van der Waals surface area contributed by atoms with E-state index in [-0.39, 0.29) is 5.41 Å². The van der Waals surface area contributed by atoms with E-state index in [1.807, 2.05) is 6.07 Å². The van der Waals surface area contributed by atoms with Crippen molar-refractivity contribution in [1.29, 1.82) is 0 Å². The van der Waals surface area contributed by atoms with E-state index in [9.17, 15) is 0 Å². The Kier molecular flexibility index (Phi) is 6.16. The Morgan fingerprint density at radius 1 is 1.33 bits per heavy atom. The molecule has 0 aliphatic heterocycles. The van der Waals surface area contributed by atoms with Crippen molar-refractivity contribution in [2.45, 2.75) is 34.1 Å². The predicted octanol–water partition coefficient (Wildman–Crippen LogP) is 4.92. The lowest BCUT2D eigenvalue weighted by atomic mass is 9.85. The van der Waals surface area contributed by atoms with Crippen LogP contribution in [0.1, 0.15) is 33.3 Å². The van der Waals surface area contributed by atoms with Crippen molar-refractivity contribution in [2.75, 3.05) is 13.1 Å². The zero-order valence-electron chi connectivity index (χ0n) is 11.7. The number of benzene rings is 1. The quantitative estimate of drug-likeness (QED) is 0.780. The van der Waals surface area contributed by atoms with E-state index in [0.29, 0.717) is 5.92 Å². The van der Waals surface area contributed by atoms with Crippen molar-refractivity contribution in [3.05, 3.63) is 33.3 Å². The largest absolute Gasteiger partial charge is 0.316 e. The van der Waals surface area contributed by atoms with Crippen molar-refractivity contribution >= 4 is 27.5 Å². The summed E-state index contributed by atoms with van der Waals surface area (Å²) >= 11 is 9.71. The number of nitrogens with one attached hydrogen (secondary N) is 1. The fraction of sp³-hybridized carbons (Fsp3) is 0.600. The van der Waals surface area contributed by atoms with Gasteiger partial charge >= 0.3 is 0 Å². The summed E-state index contributed by atoms with van der Waals surface area (Å²) < 4.78 is 1.03. The van der Waals surface area contributed by atoms with E-state index in [4.69, 9.17) is 11.6 Å². The smallest absolute Gasteiger partial charge is 0.0449 e.